The third-order valence-electron chi connectivity index (χ3n) is 12.7. The minimum Gasteiger partial charge on any atom is -0.456 e. The largest absolute Gasteiger partial charge is 0.456 e. The first-order chi connectivity index (χ1) is 28.2. The van der Waals surface area contributed by atoms with E-state index in [1.165, 1.54) is 45.7 Å². The number of thioether (sulfide) groups is 2. The molecule has 0 saturated carbocycles. The molecule has 1 fully saturated rings. The first kappa shape index (κ1) is 33.5. The Morgan fingerprint density at radius 2 is 1.30 bits per heavy atom. The standard InChI is InChI=1S/C52H40N2OS2/c1-2-10-33(11-3-1)34-18-23-37(24-19-34)53(38-25-20-35(21-26-38)36-22-31-46-44(32-36)41-12-4-7-15-45(41)55-46)39-27-29-40(30-28-39)54-49-42-13-5-8-16-47(42)56-51(49)52-50(54)43-14-6-9-17-48(43)57-52/h1-5,7-12,15-32,42-43,48,50,52H,6,13-14H2. The van der Waals surface area contributed by atoms with Crippen molar-refractivity contribution in [2.45, 2.75) is 35.8 Å². The van der Waals surface area contributed by atoms with Crippen LogP contribution in [-0.4, -0.2) is 16.5 Å². The van der Waals surface area contributed by atoms with Gasteiger partial charge in [0, 0.05) is 55.3 Å². The van der Waals surface area contributed by atoms with Gasteiger partial charge in [-0.25, -0.2) is 0 Å². The molecular formula is C52H40N2OS2. The first-order valence-electron chi connectivity index (χ1n) is 20.2. The van der Waals surface area contributed by atoms with Crippen LogP contribution >= 0.6 is 23.5 Å². The highest BCUT2D eigenvalue weighted by Gasteiger charge is 2.57. The first-order valence-corrected chi connectivity index (χ1v) is 22.0. The SMILES string of the molecule is C1=CCC2C(=C1)SC1=C2N(c2ccc(N(c3ccc(-c4ccccc4)cc3)c3ccc(-c4ccc5oc6ccccc6c5c4)cc3)cc2)C2C1SC1C=CCCC12. The van der Waals surface area contributed by atoms with E-state index in [2.05, 4.69) is 197 Å². The van der Waals surface area contributed by atoms with E-state index in [0.717, 1.165) is 45.4 Å². The predicted molar refractivity (Wildman–Crippen MR) is 243 cm³/mol. The fourth-order valence-electron chi connectivity index (χ4n) is 9.98. The molecule has 3 aliphatic heterocycles. The second kappa shape index (κ2) is 13.5. The van der Waals surface area contributed by atoms with Crippen molar-refractivity contribution in [1.29, 1.82) is 0 Å². The van der Waals surface area contributed by atoms with Crippen molar-refractivity contribution in [3.05, 3.63) is 191 Å². The van der Waals surface area contributed by atoms with Gasteiger partial charge >= 0.3 is 0 Å². The molecule has 0 N–H and O–H groups in total. The monoisotopic (exact) mass is 772 g/mol. The number of nitrogens with zero attached hydrogens (tertiary/aromatic N) is 2. The Kier molecular flexibility index (Phi) is 7.94. The van der Waals surface area contributed by atoms with Crippen molar-refractivity contribution in [2.75, 3.05) is 9.80 Å². The molecule has 3 nitrogen and oxygen atoms in total. The van der Waals surface area contributed by atoms with E-state index in [-0.39, 0.29) is 0 Å². The summed E-state index contributed by atoms with van der Waals surface area (Å²) in [6.07, 6.45) is 15.5. The fraction of sp³-hybridized carbons (Fsp3) is 0.154. The third-order valence-corrected chi connectivity index (χ3v) is 15.8. The van der Waals surface area contributed by atoms with Gasteiger partial charge in [0.15, 0.2) is 0 Å². The second-order valence-electron chi connectivity index (χ2n) is 15.8. The number of furan rings is 1. The van der Waals surface area contributed by atoms with Gasteiger partial charge in [-0.05, 0) is 119 Å². The van der Waals surface area contributed by atoms with Crippen LogP contribution in [0.5, 0.6) is 0 Å². The topological polar surface area (TPSA) is 19.6 Å². The van der Waals surface area contributed by atoms with Gasteiger partial charge in [-0.2, -0.15) is 0 Å². The van der Waals surface area contributed by atoms with Gasteiger partial charge in [0.25, 0.3) is 0 Å². The lowest BCUT2D eigenvalue weighted by Gasteiger charge is -2.37. The molecule has 7 aromatic rings. The molecule has 6 aromatic carbocycles. The van der Waals surface area contributed by atoms with Crippen LogP contribution < -0.4 is 9.80 Å². The lowest BCUT2D eigenvalue weighted by Crippen LogP contribution is -2.42. The Labute approximate surface area is 342 Å². The summed E-state index contributed by atoms with van der Waals surface area (Å²) in [6.45, 7) is 0. The summed E-state index contributed by atoms with van der Waals surface area (Å²) in [6, 6.07) is 53.5. The molecule has 0 spiro atoms. The Hall–Kier alpha value is -5.62. The zero-order valence-corrected chi connectivity index (χ0v) is 33.0. The molecule has 5 atom stereocenters. The van der Waals surface area contributed by atoms with Crippen LogP contribution in [0.3, 0.4) is 0 Å². The highest BCUT2D eigenvalue weighted by molar-refractivity contribution is 8.09. The maximum Gasteiger partial charge on any atom is 0.135 e. The molecule has 5 unspecified atom stereocenters. The number of hydrogen-bond acceptors (Lipinski definition) is 5. The van der Waals surface area contributed by atoms with E-state index < -0.39 is 0 Å². The van der Waals surface area contributed by atoms with Crippen molar-refractivity contribution in [3.8, 4) is 22.3 Å². The van der Waals surface area contributed by atoms with Crippen molar-refractivity contribution >= 4 is 68.2 Å². The lowest BCUT2D eigenvalue weighted by atomic mass is 9.86. The van der Waals surface area contributed by atoms with Gasteiger partial charge in [0.2, 0.25) is 0 Å². The van der Waals surface area contributed by atoms with E-state index in [0.29, 0.717) is 28.4 Å². The average molecular weight is 773 g/mol. The number of benzene rings is 6. The average Bonchev–Trinajstić information content (AvgIpc) is 4.03. The molecule has 4 heterocycles. The maximum atomic E-state index is 6.14. The van der Waals surface area contributed by atoms with Crippen LogP contribution in [0, 0.1) is 11.8 Å². The molecule has 2 aliphatic carbocycles. The van der Waals surface area contributed by atoms with Crippen molar-refractivity contribution < 1.29 is 4.42 Å². The second-order valence-corrected chi connectivity index (χ2v) is 18.2. The zero-order chi connectivity index (χ0) is 37.5. The van der Waals surface area contributed by atoms with Gasteiger partial charge < -0.3 is 14.2 Å². The molecule has 276 valence electrons. The molecule has 5 aliphatic rings. The predicted octanol–water partition coefficient (Wildman–Crippen LogP) is 14.4. The summed E-state index contributed by atoms with van der Waals surface area (Å²) in [7, 11) is 0. The van der Waals surface area contributed by atoms with E-state index in [9.17, 15) is 0 Å². The number of fused-ring (bicyclic) bond motifs is 9. The minimum absolute atomic E-state index is 0.476. The third kappa shape index (κ3) is 5.50. The molecule has 1 saturated heterocycles. The summed E-state index contributed by atoms with van der Waals surface area (Å²) in [5.41, 5.74) is 12.9. The minimum atomic E-state index is 0.476. The number of anilines is 4. The molecule has 5 heteroatoms. The Bertz CT molecular complexity index is 2800. The summed E-state index contributed by atoms with van der Waals surface area (Å²) in [4.78, 5) is 8.35. The molecular weight excluding hydrogens is 733 g/mol. The van der Waals surface area contributed by atoms with E-state index in [4.69, 9.17) is 4.42 Å². The number of para-hydroxylation sites is 1. The van der Waals surface area contributed by atoms with Crippen LogP contribution in [0.15, 0.2) is 196 Å². The van der Waals surface area contributed by atoms with Crippen LogP contribution in [0.4, 0.5) is 22.7 Å². The van der Waals surface area contributed by atoms with Crippen molar-refractivity contribution in [2.24, 2.45) is 11.8 Å². The molecule has 0 amide bonds. The van der Waals surface area contributed by atoms with Gasteiger partial charge in [0.1, 0.15) is 11.2 Å². The summed E-state index contributed by atoms with van der Waals surface area (Å²) in [5, 5.41) is 3.45. The van der Waals surface area contributed by atoms with E-state index in [1.54, 1.807) is 10.6 Å². The summed E-state index contributed by atoms with van der Waals surface area (Å²) in [5.74, 6) is 1.15. The molecule has 1 aromatic heterocycles. The Morgan fingerprint density at radius 1 is 0.632 bits per heavy atom. The number of allylic oxidation sites excluding steroid dienone is 5. The van der Waals surface area contributed by atoms with Crippen LogP contribution in [0.25, 0.3) is 44.2 Å². The van der Waals surface area contributed by atoms with E-state index in [1.807, 2.05) is 12.1 Å². The number of rotatable bonds is 6. The van der Waals surface area contributed by atoms with Crippen LogP contribution in [-0.2, 0) is 0 Å². The molecule has 57 heavy (non-hydrogen) atoms. The number of hydrogen-bond donors (Lipinski definition) is 0. The Balaban J connectivity index is 0.921. The lowest BCUT2D eigenvalue weighted by molar-refractivity contribution is 0.420. The summed E-state index contributed by atoms with van der Waals surface area (Å²) >= 11 is 4.30. The zero-order valence-electron chi connectivity index (χ0n) is 31.4. The van der Waals surface area contributed by atoms with Gasteiger partial charge in [0.05, 0.1) is 11.3 Å². The van der Waals surface area contributed by atoms with Crippen molar-refractivity contribution in [3.63, 3.8) is 0 Å². The normalized spacial score (nSPS) is 23.1. The maximum absolute atomic E-state index is 6.14. The quantitative estimate of drug-likeness (QED) is 0.156. The van der Waals surface area contributed by atoms with Gasteiger partial charge in [-0.15, -0.1) is 11.8 Å². The van der Waals surface area contributed by atoms with E-state index >= 15 is 0 Å². The van der Waals surface area contributed by atoms with Gasteiger partial charge in [-0.1, -0.05) is 121 Å². The van der Waals surface area contributed by atoms with Crippen LogP contribution in [0.1, 0.15) is 19.3 Å². The van der Waals surface area contributed by atoms with Crippen molar-refractivity contribution in [1.82, 2.24) is 0 Å². The molecule has 0 bridgehead atoms. The smallest absolute Gasteiger partial charge is 0.135 e. The van der Waals surface area contributed by atoms with Crippen LogP contribution in [0.2, 0.25) is 0 Å². The highest BCUT2D eigenvalue weighted by Crippen LogP contribution is 2.64. The Morgan fingerprint density at radius 3 is 2.09 bits per heavy atom. The highest BCUT2D eigenvalue weighted by atomic mass is 32.2. The van der Waals surface area contributed by atoms with Gasteiger partial charge in [-0.3, -0.25) is 0 Å². The summed E-state index contributed by atoms with van der Waals surface area (Å²) < 4.78 is 6.14. The molecule has 12 rings (SSSR count). The fourth-order valence-corrected chi connectivity index (χ4v) is 13.4. The molecule has 0 radical (unpaired) electrons.